The van der Waals surface area contributed by atoms with Gasteiger partial charge in [-0.1, -0.05) is 39.0 Å². The lowest BCUT2D eigenvalue weighted by Gasteiger charge is -2.25. The molecule has 1 aromatic heterocycles. The number of carbonyl (C=O) groups excluding carboxylic acids is 1. The van der Waals surface area contributed by atoms with Crippen molar-refractivity contribution < 1.29 is 14.3 Å². The molecule has 22 heavy (non-hydrogen) atoms. The summed E-state index contributed by atoms with van der Waals surface area (Å²) in [6.07, 6.45) is -0.591. The molecule has 3 N–H and O–H groups in total. The van der Waals surface area contributed by atoms with Gasteiger partial charge < -0.3 is 20.2 Å². The van der Waals surface area contributed by atoms with Crippen LogP contribution in [0.15, 0.2) is 28.7 Å². The number of furan rings is 1. The van der Waals surface area contributed by atoms with Crippen LogP contribution in [0.25, 0.3) is 11.0 Å². The van der Waals surface area contributed by atoms with Crippen LogP contribution in [-0.2, 0) is 6.54 Å². The van der Waals surface area contributed by atoms with Gasteiger partial charge in [0.1, 0.15) is 11.3 Å². The van der Waals surface area contributed by atoms with Crippen LogP contribution in [0, 0.1) is 12.3 Å². The van der Waals surface area contributed by atoms with Gasteiger partial charge in [0, 0.05) is 17.5 Å². The normalized spacial score (nSPS) is 13.1. The number of hydrogen-bond donors (Lipinski definition) is 3. The monoisotopic (exact) mass is 304 g/mol. The van der Waals surface area contributed by atoms with Crippen molar-refractivity contribution in [3.63, 3.8) is 0 Å². The Bertz CT molecular complexity index is 655. The summed E-state index contributed by atoms with van der Waals surface area (Å²) in [6, 6.07) is 7.47. The molecule has 0 saturated carbocycles. The summed E-state index contributed by atoms with van der Waals surface area (Å²) in [5.74, 6) is 0.743. The Hall–Kier alpha value is -2.01. The number of hydrogen-bond acceptors (Lipinski definition) is 3. The van der Waals surface area contributed by atoms with E-state index in [4.69, 9.17) is 4.42 Å². The highest BCUT2D eigenvalue weighted by Crippen LogP contribution is 2.24. The van der Waals surface area contributed by atoms with Crippen molar-refractivity contribution in [2.75, 3.05) is 6.54 Å². The first-order valence-electron chi connectivity index (χ1n) is 7.46. The first-order valence-corrected chi connectivity index (χ1v) is 7.46. The van der Waals surface area contributed by atoms with Crippen LogP contribution < -0.4 is 10.6 Å². The van der Waals surface area contributed by atoms with Crippen molar-refractivity contribution in [1.29, 1.82) is 0 Å². The fourth-order valence-corrected chi connectivity index (χ4v) is 2.11. The van der Waals surface area contributed by atoms with Gasteiger partial charge >= 0.3 is 6.03 Å². The first-order chi connectivity index (χ1) is 10.3. The Morgan fingerprint density at radius 3 is 2.59 bits per heavy atom. The average Bonchev–Trinajstić information content (AvgIpc) is 2.78. The molecule has 1 unspecified atom stereocenters. The molecule has 0 bridgehead atoms. The summed E-state index contributed by atoms with van der Waals surface area (Å²) in [4.78, 5) is 11.8. The number of carbonyl (C=O) groups is 1. The van der Waals surface area contributed by atoms with Crippen LogP contribution in [-0.4, -0.2) is 23.8 Å². The summed E-state index contributed by atoms with van der Waals surface area (Å²) < 4.78 is 5.74. The largest absolute Gasteiger partial charge is 0.459 e. The Morgan fingerprint density at radius 1 is 1.27 bits per heavy atom. The Labute approximate surface area is 130 Å². The molecule has 0 radical (unpaired) electrons. The van der Waals surface area contributed by atoms with Gasteiger partial charge in [-0.25, -0.2) is 4.79 Å². The standard InChI is InChI=1S/C17H24N2O3/c1-11-12-7-5-6-8-13(12)22-14(11)9-18-16(21)19-10-15(20)17(2,3)4/h5-8,15,20H,9-10H2,1-4H3,(H2,18,19,21). The number of aliphatic hydroxyl groups is 1. The molecule has 1 atom stereocenters. The minimum absolute atomic E-state index is 0.217. The van der Waals surface area contributed by atoms with E-state index in [0.717, 1.165) is 22.3 Å². The summed E-state index contributed by atoms with van der Waals surface area (Å²) in [6.45, 7) is 8.29. The molecular formula is C17H24N2O3. The molecule has 0 aliphatic heterocycles. The number of fused-ring (bicyclic) bond motifs is 1. The van der Waals surface area contributed by atoms with Crippen molar-refractivity contribution in [2.24, 2.45) is 5.41 Å². The van der Waals surface area contributed by atoms with Crippen LogP contribution >= 0.6 is 0 Å². The molecule has 1 aromatic carbocycles. The van der Waals surface area contributed by atoms with Crippen LogP contribution in [0.1, 0.15) is 32.1 Å². The van der Waals surface area contributed by atoms with Crippen molar-refractivity contribution in [2.45, 2.75) is 40.3 Å². The Kier molecular flexibility index (Phi) is 4.76. The molecule has 2 aromatic rings. The van der Waals surface area contributed by atoms with E-state index in [0.29, 0.717) is 6.54 Å². The number of aliphatic hydroxyl groups excluding tert-OH is 1. The quantitative estimate of drug-likeness (QED) is 0.813. The van der Waals surface area contributed by atoms with E-state index in [-0.39, 0.29) is 18.0 Å². The molecule has 5 heteroatoms. The molecule has 5 nitrogen and oxygen atoms in total. The van der Waals surface area contributed by atoms with Crippen LogP contribution in [0.5, 0.6) is 0 Å². The highest BCUT2D eigenvalue weighted by atomic mass is 16.3. The van der Waals surface area contributed by atoms with E-state index in [2.05, 4.69) is 10.6 Å². The van der Waals surface area contributed by atoms with E-state index < -0.39 is 6.10 Å². The molecule has 0 aliphatic rings. The minimum atomic E-state index is -0.591. The molecule has 0 aliphatic carbocycles. The van der Waals surface area contributed by atoms with Crippen LogP contribution in [0.2, 0.25) is 0 Å². The summed E-state index contributed by atoms with van der Waals surface area (Å²) in [5, 5.41) is 16.4. The SMILES string of the molecule is Cc1c(CNC(=O)NCC(O)C(C)(C)C)oc2ccccc12. The lowest BCUT2D eigenvalue weighted by atomic mass is 9.89. The highest BCUT2D eigenvalue weighted by molar-refractivity contribution is 5.82. The Morgan fingerprint density at radius 2 is 1.95 bits per heavy atom. The van der Waals surface area contributed by atoms with Crippen molar-refractivity contribution in [3.05, 3.63) is 35.6 Å². The molecule has 0 saturated heterocycles. The van der Waals surface area contributed by atoms with Gasteiger partial charge in [-0.3, -0.25) is 0 Å². The molecule has 0 fully saturated rings. The smallest absolute Gasteiger partial charge is 0.315 e. The van der Waals surface area contributed by atoms with Crippen molar-refractivity contribution >= 4 is 17.0 Å². The number of nitrogens with one attached hydrogen (secondary N) is 2. The second-order valence-electron chi connectivity index (χ2n) is 6.59. The zero-order chi connectivity index (χ0) is 16.3. The van der Waals surface area contributed by atoms with Gasteiger partial charge in [0.05, 0.1) is 12.6 Å². The zero-order valence-corrected chi connectivity index (χ0v) is 13.6. The Balaban J connectivity index is 1.89. The van der Waals surface area contributed by atoms with Gasteiger partial charge in [-0.05, 0) is 18.4 Å². The predicted molar refractivity (Wildman–Crippen MR) is 86.7 cm³/mol. The van der Waals surface area contributed by atoms with Gasteiger partial charge in [0.25, 0.3) is 0 Å². The maximum atomic E-state index is 11.8. The second-order valence-corrected chi connectivity index (χ2v) is 6.59. The molecule has 120 valence electrons. The van der Waals surface area contributed by atoms with Gasteiger partial charge in [0.2, 0.25) is 0 Å². The maximum Gasteiger partial charge on any atom is 0.315 e. The third-order valence-corrected chi connectivity index (χ3v) is 3.81. The van der Waals surface area contributed by atoms with E-state index in [1.807, 2.05) is 52.0 Å². The number of benzene rings is 1. The highest BCUT2D eigenvalue weighted by Gasteiger charge is 2.22. The number of urea groups is 1. The first kappa shape index (κ1) is 16.4. The second kappa shape index (κ2) is 6.40. The topological polar surface area (TPSA) is 74.5 Å². The maximum absolute atomic E-state index is 11.8. The van der Waals surface area contributed by atoms with Crippen LogP contribution in [0.3, 0.4) is 0 Å². The minimum Gasteiger partial charge on any atom is -0.459 e. The molecule has 0 spiro atoms. The third kappa shape index (κ3) is 3.80. The number of para-hydroxylation sites is 1. The summed E-state index contributed by atoms with van der Waals surface area (Å²) in [5.41, 5.74) is 1.59. The van der Waals surface area contributed by atoms with Gasteiger partial charge in [-0.15, -0.1) is 0 Å². The number of aryl methyl sites for hydroxylation is 1. The number of amides is 2. The fourth-order valence-electron chi connectivity index (χ4n) is 2.11. The number of rotatable bonds is 4. The summed E-state index contributed by atoms with van der Waals surface area (Å²) >= 11 is 0. The van der Waals surface area contributed by atoms with Crippen molar-refractivity contribution in [1.82, 2.24) is 10.6 Å². The third-order valence-electron chi connectivity index (χ3n) is 3.81. The fraction of sp³-hybridized carbons (Fsp3) is 0.471. The zero-order valence-electron chi connectivity index (χ0n) is 13.6. The van der Waals surface area contributed by atoms with Crippen LogP contribution in [0.4, 0.5) is 4.79 Å². The van der Waals surface area contributed by atoms with Crippen molar-refractivity contribution in [3.8, 4) is 0 Å². The predicted octanol–water partition coefficient (Wildman–Crippen LogP) is 2.95. The lowest BCUT2D eigenvalue weighted by Crippen LogP contribution is -2.43. The van der Waals surface area contributed by atoms with E-state index in [1.165, 1.54) is 0 Å². The van der Waals surface area contributed by atoms with Gasteiger partial charge in [-0.2, -0.15) is 0 Å². The van der Waals surface area contributed by atoms with E-state index in [9.17, 15) is 9.90 Å². The molecule has 2 amide bonds. The summed E-state index contributed by atoms with van der Waals surface area (Å²) in [7, 11) is 0. The lowest BCUT2D eigenvalue weighted by molar-refractivity contribution is 0.0649. The van der Waals surface area contributed by atoms with E-state index >= 15 is 0 Å². The average molecular weight is 304 g/mol. The molecule has 1 heterocycles. The van der Waals surface area contributed by atoms with E-state index in [1.54, 1.807) is 0 Å². The molecule has 2 rings (SSSR count). The van der Waals surface area contributed by atoms with Gasteiger partial charge in [0.15, 0.2) is 0 Å². The molecular weight excluding hydrogens is 280 g/mol.